The highest BCUT2D eigenvalue weighted by atomic mass is 15.2. The molecular weight excluding hydrogens is 917 g/mol. The maximum Gasteiger partial charge on any atom is 0.0711 e. The van der Waals surface area contributed by atoms with Crippen LogP contribution in [-0.4, -0.2) is 0 Å². The maximum absolute atomic E-state index is 2.61. The van der Waals surface area contributed by atoms with Crippen molar-refractivity contribution in [2.75, 3.05) is 9.80 Å². The molecule has 4 aliphatic carbocycles. The van der Waals surface area contributed by atoms with E-state index in [9.17, 15) is 0 Å². The molecule has 364 valence electrons. The second-order valence-electron chi connectivity index (χ2n) is 21.4. The van der Waals surface area contributed by atoms with Crippen LogP contribution in [0.25, 0.3) is 44.2 Å². The van der Waals surface area contributed by atoms with Gasteiger partial charge in [-0.05, 0) is 163 Å². The van der Waals surface area contributed by atoms with Gasteiger partial charge in [-0.15, -0.1) is 0 Å². The highest BCUT2D eigenvalue weighted by Gasteiger charge is 2.50. The van der Waals surface area contributed by atoms with E-state index in [1.165, 1.54) is 100 Å². The molecule has 10 aromatic rings. The molecule has 0 aromatic heterocycles. The molecular formula is C74H58N2. The monoisotopic (exact) mass is 974 g/mol. The van der Waals surface area contributed by atoms with Gasteiger partial charge in [-0.1, -0.05) is 226 Å². The first-order valence-electron chi connectivity index (χ1n) is 27.1. The third-order valence-corrected chi connectivity index (χ3v) is 16.9. The van der Waals surface area contributed by atoms with Gasteiger partial charge in [-0.25, -0.2) is 0 Å². The van der Waals surface area contributed by atoms with Crippen molar-refractivity contribution < 1.29 is 0 Å². The van der Waals surface area contributed by atoms with Crippen LogP contribution in [0.15, 0.2) is 278 Å². The van der Waals surface area contributed by atoms with Crippen LogP contribution < -0.4 is 9.80 Å². The van der Waals surface area contributed by atoms with Crippen LogP contribution >= 0.6 is 0 Å². The van der Waals surface area contributed by atoms with E-state index in [-0.39, 0.29) is 5.41 Å². The number of benzene rings is 10. The van der Waals surface area contributed by atoms with Crippen LogP contribution in [0.4, 0.5) is 28.4 Å². The Bertz CT molecular complexity index is 3980. The average Bonchev–Trinajstić information content (AvgIpc) is 4.16. The lowest BCUT2D eigenvalue weighted by atomic mass is 9.65. The molecule has 10 aromatic carbocycles. The zero-order valence-corrected chi connectivity index (χ0v) is 43.1. The molecule has 1 unspecified atom stereocenters. The predicted molar refractivity (Wildman–Crippen MR) is 320 cm³/mol. The quantitative estimate of drug-likeness (QED) is 0.135. The first-order valence-corrected chi connectivity index (χ1v) is 27.1. The van der Waals surface area contributed by atoms with E-state index >= 15 is 0 Å². The number of para-hydroxylation sites is 2. The van der Waals surface area contributed by atoms with Gasteiger partial charge in [0.25, 0.3) is 0 Å². The summed E-state index contributed by atoms with van der Waals surface area (Å²) in [6.45, 7) is 4.87. The van der Waals surface area contributed by atoms with E-state index in [4.69, 9.17) is 0 Å². The van der Waals surface area contributed by atoms with E-state index in [1.54, 1.807) is 0 Å². The van der Waals surface area contributed by atoms with E-state index in [0.29, 0.717) is 0 Å². The van der Waals surface area contributed by atoms with Crippen molar-refractivity contribution in [1.29, 1.82) is 0 Å². The number of allylic oxidation sites excluding steroid dienone is 8. The van der Waals surface area contributed by atoms with Gasteiger partial charge in [-0.2, -0.15) is 0 Å². The fraction of sp³-hybridized carbons (Fsp3) is 0.108. The van der Waals surface area contributed by atoms with Crippen LogP contribution in [0.3, 0.4) is 0 Å². The number of hydrogen-bond acceptors (Lipinski definition) is 2. The molecule has 0 bridgehead atoms. The van der Waals surface area contributed by atoms with Crippen LogP contribution in [0.1, 0.15) is 78.5 Å². The van der Waals surface area contributed by atoms with Gasteiger partial charge in [0, 0.05) is 39.4 Å². The van der Waals surface area contributed by atoms with Crippen molar-refractivity contribution in [2.24, 2.45) is 0 Å². The van der Waals surface area contributed by atoms with Crippen LogP contribution in [-0.2, 0) is 10.8 Å². The van der Waals surface area contributed by atoms with Gasteiger partial charge in [0.15, 0.2) is 0 Å². The number of anilines is 5. The lowest BCUT2D eigenvalue weighted by Gasteiger charge is -2.38. The number of nitrogens with zero attached hydrogens (tertiary/aromatic N) is 2. The highest BCUT2D eigenvalue weighted by molar-refractivity contribution is 6.03. The van der Waals surface area contributed by atoms with Gasteiger partial charge < -0.3 is 9.80 Å². The van der Waals surface area contributed by atoms with Crippen molar-refractivity contribution in [2.45, 2.75) is 50.4 Å². The molecule has 1 atom stereocenters. The SMILES string of the molecule is CC1(C)c2cc(C3(c4ccccc4)C4=C(CCC=C4)c4c(N(c5ccccc5)c5ccc(-c6ccccc6)cc5)cc(N(C5=CC=C(c6ccccc6)CC5)c5ccccc5)cc43)ccc2-c2c1ccc1ccccc21. The van der Waals surface area contributed by atoms with Gasteiger partial charge in [0.2, 0.25) is 0 Å². The van der Waals surface area contributed by atoms with Gasteiger partial charge >= 0.3 is 0 Å². The number of hydrogen-bond donors (Lipinski definition) is 0. The summed E-state index contributed by atoms with van der Waals surface area (Å²) in [5.41, 5.74) is 24.5. The smallest absolute Gasteiger partial charge is 0.0711 e. The zero-order chi connectivity index (χ0) is 50.8. The predicted octanol–water partition coefficient (Wildman–Crippen LogP) is 19.6. The Morgan fingerprint density at radius 1 is 0.408 bits per heavy atom. The Kier molecular flexibility index (Phi) is 11.1. The standard InChI is InChI=1S/C74H58N2/c1-73(2)67-47-40-55-26-18-19-33-63(55)71(67)65-46-41-57(48-68(65)73)74(56-27-12-5-13-28-56)66-35-21-20-34-64(66)72-69(74)49-62(75(58-29-14-6-15-30-58)60-42-36-53(37-43-60)51-22-8-3-9-23-51)50-70(72)76(59-31-16-7-17-32-59)61-44-38-54(39-45-61)52-24-10-4-11-25-52/h3-19,21-33,35-36,38-42,44-50H,20,34,37,43H2,1-2H3. The van der Waals surface area contributed by atoms with Crippen molar-refractivity contribution in [3.63, 3.8) is 0 Å². The average molecular weight is 975 g/mol. The highest BCUT2D eigenvalue weighted by Crippen LogP contribution is 2.63. The second-order valence-corrected chi connectivity index (χ2v) is 21.4. The van der Waals surface area contributed by atoms with E-state index in [2.05, 4.69) is 291 Å². The minimum atomic E-state index is -0.668. The molecule has 0 saturated heterocycles. The van der Waals surface area contributed by atoms with Gasteiger partial charge in [0.05, 0.1) is 11.1 Å². The summed E-state index contributed by atoms with van der Waals surface area (Å²) < 4.78 is 0. The van der Waals surface area contributed by atoms with E-state index in [0.717, 1.165) is 48.4 Å². The Morgan fingerprint density at radius 3 is 1.72 bits per heavy atom. The topological polar surface area (TPSA) is 6.48 Å². The van der Waals surface area contributed by atoms with E-state index < -0.39 is 5.41 Å². The summed E-state index contributed by atoms with van der Waals surface area (Å²) in [6, 6.07) is 90.7. The Labute approximate surface area is 447 Å². The molecule has 4 aliphatic rings. The molecule has 0 saturated carbocycles. The lowest BCUT2D eigenvalue weighted by molar-refractivity contribution is 0.655. The molecule has 76 heavy (non-hydrogen) atoms. The van der Waals surface area contributed by atoms with Crippen molar-refractivity contribution in [1.82, 2.24) is 0 Å². The second kappa shape index (κ2) is 18.4. The zero-order valence-electron chi connectivity index (χ0n) is 43.1. The third-order valence-electron chi connectivity index (χ3n) is 16.9. The first-order chi connectivity index (χ1) is 37.5. The Morgan fingerprint density at radius 2 is 1.03 bits per heavy atom. The molecule has 0 heterocycles. The van der Waals surface area contributed by atoms with Crippen LogP contribution in [0.2, 0.25) is 0 Å². The van der Waals surface area contributed by atoms with Gasteiger partial charge in [-0.3, -0.25) is 0 Å². The Balaban J connectivity index is 1.08. The van der Waals surface area contributed by atoms with E-state index in [1.807, 2.05) is 0 Å². The minimum Gasteiger partial charge on any atom is -0.314 e. The van der Waals surface area contributed by atoms with Gasteiger partial charge in [0.1, 0.15) is 0 Å². The molecule has 0 amide bonds. The normalized spacial score (nSPS) is 16.8. The lowest BCUT2D eigenvalue weighted by Crippen LogP contribution is -2.31. The number of fused-ring (bicyclic) bond motifs is 7. The van der Waals surface area contributed by atoms with Crippen LogP contribution in [0.5, 0.6) is 0 Å². The molecule has 0 aliphatic heterocycles. The summed E-state index contributed by atoms with van der Waals surface area (Å²) in [5.74, 6) is 0. The maximum atomic E-state index is 2.61. The van der Waals surface area contributed by atoms with Crippen molar-refractivity contribution >= 4 is 50.4 Å². The molecule has 0 radical (unpaired) electrons. The molecule has 2 heteroatoms. The fourth-order valence-corrected chi connectivity index (χ4v) is 13.4. The summed E-state index contributed by atoms with van der Waals surface area (Å²) in [6.07, 6.45) is 13.4. The number of rotatable bonds is 10. The molecule has 0 fully saturated rings. The summed E-state index contributed by atoms with van der Waals surface area (Å²) in [7, 11) is 0. The summed E-state index contributed by atoms with van der Waals surface area (Å²) >= 11 is 0. The largest absolute Gasteiger partial charge is 0.314 e. The summed E-state index contributed by atoms with van der Waals surface area (Å²) in [4.78, 5) is 5.10. The summed E-state index contributed by atoms with van der Waals surface area (Å²) in [5, 5.41) is 2.60. The molecule has 0 spiro atoms. The fourth-order valence-electron chi connectivity index (χ4n) is 13.4. The molecule has 0 N–H and O–H groups in total. The Hall–Kier alpha value is -8.98. The third kappa shape index (κ3) is 7.30. The van der Waals surface area contributed by atoms with Crippen molar-refractivity contribution in [3.8, 4) is 22.3 Å². The van der Waals surface area contributed by atoms with Crippen LogP contribution in [0, 0.1) is 0 Å². The molecule has 2 nitrogen and oxygen atoms in total. The molecule has 14 rings (SSSR count). The first kappa shape index (κ1) is 45.6. The van der Waals surface area contributed by atoms with Crippen molar-refractivity contribution in [3.05, 3.63) is 317 Å². The minimum absolute atomic E-state index is 0.226.